The number of rotatable bonds is 6. The summed E-state index contributed by atoms with van der Waals surface area (Å²) < 4.78 is 0. The number of aliphatic hydroxyl groups excluding tert-OH is 1. The Labute approximate surface area is 112 Å². The highest BCUT2D eigenvalue weighted by molar-refractivity contribution is 4.89. The van der Waals surface area contributed by atoms with Crippen molar-refractivity contribution >= 4 is 0 Å². The maximum absolute atomic E-state index is 9.46. The van der Waals surface area contributed by atoms with Gasteiger partial charge in [0, 0.05) is 31.2 Å². The third kappa shape index (κ3) is 3.94. The van der Waals surface area contributed by atoms with Crippen molar-refractivity contribution in [3.05, 3.63) is 0 Å². The summed E-state index contributed by atoms with van der Waals surface area (Å²) in [7, 11) is 0. The highest BCUT2D eigenvalue weighted by Crippen LogP contribution is 2.39. The summed E-state index contributed by atoms with van der Waals surface area (Å²) in [4.78, 5) is 2.61. The first kappa shape index (κ1) is 14.3. The van der Waals surface area contributed by atoms with Crippen LogP contribution in [0.15, 0.2) is 0 Å². The van der Waals surface area contributed by atoms with Gasteiger partial charge in [-0.2, -0.15) is 0 Å². The Hall–Kier alpha value is -0.120. The Bertz CT molecular complexity index is 227. The first-order valence-electron chi connectivity index (χ1n) is 7.81. The van der Waals surface area contributed by atoms with E-state index in [4.69, 9.17) is 0 Å². The van der Waals surface area contributed by atoms with E-state index >= 15 is 0 Å². The summed E-state index contributed by atoms with van der Waals surface area (Å²) in [6, 6.07) is 0.548. The highest BCUT2D eigenvalue weighted by atomic mass is 16.3. The fourth-order valence-corrected chi connectivity index (χ4v) is 3.23. The van der Waals surface area contributed by atoms with Crippen LogP contribution in [-0.2, 0) is 0 Å². The average Bonchev–Trinajstić information content (AvgIpc) is 2.57. The summed E-state index contributed by atoms with van der Waals surface area (Å²) >= 11 is 0. The molecule has 18 heavy (non-hydrogen) atoms. The Balaban J connectivity index is 1.66. The number of likely N-dealkylation sites (tertiary alicyclic amines) is 1. The molecule has 2 rings (SSSR count). The van der Waals surface area contributed by atoms with Crippen molar-refractivity contribution < 1.29 is 5.11 Å². The molecule has 1 heterocycles. The molecule has 1 aliphatic heterocycles. The van der Waals surface area contributed by atoms with E-state index in [0.717, 1.165) is 6.54 Å². The molecule has 3 nitrogen and oxygen atoms in total. The zero-order valence-corrected chi connectivity index (χ0v) is 12.0. The Kier molecular flexibility index (Phi) is 5.46. The van der Waals surface area contributed by atoms with Gasteiger partial charge in [-0.15, -0.1) is 0 Å². The van der Waals surface area contributed by atoms with Gasteiger partial charge in [-0.1, -0.05) is 19.3 Å². The SMILES string of the molecule is CC(CN1CCCCCC1)NCC1(CO)CCC1. The van der Waals surface area contributed by atoms with Crippen molar-refractivity contribution in [3.63, 3.8) is 0 Å². The molecule has 0 amide bonds. The third-order valence-electron chi connectivity index (χ3n) is 4.81. The number of nitrogens with zero attached hydrogens (tertiary/aromatic N) is 1. The second kappa shape index (κ2) is 6.88. The van der Waals surface area contributed by atoms with Crippen molar-refractivity contribution in [1.29, 1.82) is 0 Å². The van der Waals surface area contributed by atoms with E-state index in [9.17, 15) is 5.11 Å². The smallest absolute Gasteiger partial charge is 0.0499 e. The molecule has 1 saturated carbocycles. The second-order valence-electron chi connectivity index (χ2n) is 6.51. The summed E-state index contributed by atoms with van der Waals surface area (Å²) in [6.07, 6.45) is 9.25. The predicted octanol–water partition coefficient (Wildman–Crippen LogP) is 2.00. The molecular weight excluding hydrogens is 224 g/mol. The van der Waals surface area contributed by atoms with Gasteiger partial charge in [-0.05, 0) is 45.7 Å². The molecule has 3 heteroatoms. The van der Waals surface area contributed by atoms with E-state index in [1.807, 2.05) is 0 Å². The molecule has 0 aromatic rings. The quantitative estimate of drug-likeness (QED) is 0.761. The molecule has 106 valence electrons. The van der Waals surface area contributed by atoms with Gasteiger partial charge < -0.3 is 15.3 Å². The Morgan fingerprint density at radius 3 is 2.28 bits per heavy atom. The van der Waals surface area contributed by atoms with Gasteiger partial charge in [0.1, 0.15) is 0 Å². The summed E-state index contributed by atoms with van der Waals surface area (Å²) in [6.45, 7) is 7.36. The molecule has 0 aromatic carbocycles. The summed E-state index contributed by atoms with van der Waals surface area (Å²) in [5.41, 5.74) is 0.215. The van der Waals surface area contributed by atoms with Crippen molar-refractivity contribution in [3.8, 4) is 0 Å². The molecule has 1 unspecified atom stereocenters. The third-order valence-corrected chi connectivity index (χ3v) is 4.81. The van der Waals surface area contributed by atoms with E-state index in [-0.39, 0.29) is 5.41 Å². The molecule has 1 atom stereocenters. The molecule has 2 fully saturated rings. The molecular formula is C15H30N2O. The largest absolute Gasteiger partial charge is 0.396 e. The minimum atomic E-state index is 0.215. The van der Waals surface area contributed by atoms with Crippen molar-refractivity contribution in [2.45, 2.75) is 57.9 Å². The van der Waals surface area contributed by atoms with E-state index in [1.165, 1.54) is 64.6 Å². The maximum Gasteiger partial charge on any atom is 0.0499 e. The Morgan fingerprint density at radius 2 is 1.78 bits per heavy atom. The molecule has 0 aromatic heterocycles. The van der Waals surface area contributed by atoms with Crippen LogP contribution < -0.4 is 5.32 Å². The molecule has 1 saturated heterocycles. The van der Waals surface area contributed by atoms with Crippen molar-refractivity contribution in [2.24, 2.45) is 5.41 Å². The van der Waals surface area contributed by atoms with Crippen LogP contribution in [0.3, 0.4) is 0 Å². The predicted molar refractivity (Wildman–Crippen MR) is 75.7 cm³/mol. The van der Waals surface area contributed by atoms with Crippen LogP contribution in [0.1, 0.15) is 51.9 Å². The first-order valence-corrected chi connectivity index (χ1v) is 7.81. The number of hydrogen-bond donors (Lipinski definition) is 2. The number of hydrogen-bond acceptors (Lipinski definition) is 3. The van der Waals surface area contributed by atoms with Gasteiger partial charge >= 0.3 is 0 Å². The van der Waals surface area contributed by atoms with Crippen LogP contribution >= 0.6 is 0 Å². The Morgan fingerprint density at radius 1 is 1.11 bits per heavy atom. The van der Waals surface area contributed by atoms with Gasteiger partial charge in [-0.25, -0.2) is 0 Å². The standard InChI is InChI=1S/C15H30N2O/c1-14(11-17-9-4-2-3-5-10-17)16-12-15(13-18)7-6-8-15/h14,16,18H,2-13H2,1H3. The second-order valence-corrected chi connectivity index (χ2v) is 6.51. The molecule has 2 N–H and O–H groups in total. The lowest BCUT2D eigenvalue weighted by Crippen LogP contribution is -2.48. The van der Waals surface area contributed by atoms with Crippen LogP contribution in [0.2, 0.25) is 0 Å². The molecule has 1 aliphatic carbocycles. The maximum atomic E-state index is 9.46. The van der Waals surface area contributed by atoms with Gasteiger partial charge in [0.25, 0.3) is 0 Å². The van der Waals surface area contributed by atoms with Crippen molar-refractivity contribution in [2.75, 3.05) is 32.8 Å². The van der Waals surface area contributed by atoms with Gasteiger partial charge in [0.05, 0.1) is 0 Å². The summed E-state index contributed by atoms with van der Waals surface area (Å²) in [5.74, 6) is 0. The van der Waals surface area contributed by atoms with Crippen LogP contribution in [0.25, 0.3) is 0 Å². The van der Waals surface area contributed by atoms with Crippen LogP contribution in [0.4, 0.5) is 0 Å². The highest BCUT2D eigenvalue weighted by Gasteiger charge is 2.36. The van der Waals surface area contributed by atoms with E-state index in [0.29, 0.717) is 12.6 Å². The molecule has 0 radical (unpaired) electrons. The number of nitrogens with one attached hydrogen (secondary N) is 1. The fraction of sp³-hybridized carbons (Fsp3) is 1.00. The van der Waals surface area contributed by atoms with E-state index in [2.05, 4.69) is 17.1 Å². The van der Waals surface area contributed by atoms with E-state index < -0.39 is 0 Å². The molecule has 2 aliphatic rings. The lowest BCUT2D eigenvalue weighted by molar-refractivity contribution is 0.0413. The zero-order chi connectivity index (χ0) is 12.8. The minimum absolute atomic E-state index is 0.215. The first-order chi connectivity index (χ1) is 8.74. The topological polar surface area (TPSA) is 35.5 Å². The average molecular weight is 254 g/mol. The van der Waals surface area contributed by atoms with E-state index in [1.54, 1.807) is 0 Å². The molecule has 0 spiro atoms. The van der Waals surface area contributed by atoms with Crippen LogP contribution in [0.5, 0.6) is 0 Å². The van der Waals surface area contributed by atoms with Crippen LogP contribution in [-0.4, -0.2) is 48.8 Å². The van der Waals surface area contributed by atoms with Gasteiger partial charge in [-0.3, -0.25) is 0 Å². The molecule has 0 bridgehead atoms. The van der Waals surface area contributed by atoms with Gasteiger partial charge in [0.15, 0.2) is 0 Å². The van der Waals surface area contributed by atoms with Crippen LogP contribution in [0, 0.1) is 5.41 Å². The van der Waals surface area contributed by atoms with Crippen molar-refractivity contribution in [1.82, 2.24) is 10.2 Å². The normalized spacial score (nSPS) is 26.3. The number of aliphatic hydroxyl groups is 1. The lowest BCUT2D eigenvalue weighted by Gasteiger charge is -2.41. The fourth-order valence-electron chi connectivity index (χ4n) is 3.23. The minimum Gasteiger partial charge on any atom is -0.396 e. The summed E-state index contributed by atoms with van der Waals surface area (Å²) in [5, 5.41) is 13.1. The van der Waals surface area contributed by atoms with Gasteiger partial charge in [0.2, 0.25) is 0 Å². The monoisotopic (exact) mass is 254 g/mol. The lowest BCUT2D eigenvalue weighted by atomic mass is 9.69. The zero-order valence-electron chi connectivity index (χ0n) is 12.0.